The number of fused-ring (bicyclic) bond motifs is 2. The number of carbonyl (C=O) groups is 2. The van der Waals surface area contributed by atoms with E-state index in [1.54, 1.807) is 30.5 Å². The van der Waals surface area contributed by atoms with Crippen LogP contribution in [0.5, 0.6) is 11.5 Å². The van der Waals surface area contributed by atoms with Crippen LogP contribution in [0.4, 0.5) is 5.69 Å². The molecule has 8 heteroatoms. The SMILES string of the molecule is O=C1C[C@H](c2ccco2)Cc2[nH]c(=O)c(C(=O)Nc3ccc4c(c3)OCCO4)cc21. The number of ketones is 1. The summed E-state index contributed by atoms with van der Waals surface area (Å²) in [6, 6.07) is 9.95. The van der Waals surface area contributed by atoms with E-state index in [0.29, 0.717) is 53.8 Å². The average Bonchev–Trinajstić information content (AvgIpc) is 3.28. The van der Waals surface area contributed by atoms with Crippen LogP contribution < -0.4 is 20.3 Å². The molecule has 0 fully saturated rings. The van der Waals surface area contributed by atoms with Crippen LogP contribution in [0, 0.1) is 0 Å². The topological polar surface area (TPSA) is 111 Å². The number of ether oxygens (including phenoxy) is 2. The lowest BCUT2D eigenvalue weighted by Gasteiger charge is -2.22. The minimum Gasteiger partial charge on any atom is -0.486 e. The second-order valence-electron chi connectivity index (χ2n) is 7.26. The standard InChI is InChI=1S/C22H18N2O6/c25-17-9-12(18-2-1-5-28-18)8-16-14(17)11-15(22(27)24-16)21(26)23-13-3-4-19-20(10-13)30-7-6-29-19/h1-5,10-12H,6-9H2,(H,23,26)(H,24,27)/t12-/m1/s1. The summed E-state index contributed by atoms with van der Waals surface area (Å²) in [5.74, 6) is 0.961. The highest BCUT2D eigenvalue weighted by molar-refractivity contribution is 6.06. The van der Waals surface area contributed by atoms with Crippen LogP contribution in [-0.4, -0.2) is 29.9 Å². The summed E-state index contributed by atoms with van der Waals surface area (Å²) in [5, 5.41) is 2.68. The Morgan fingerprint density at radius 1 is 1.03 bits per heavy atom. The van der Waals surface area contributed by atoms with Crippen LogP contribution in [0.15, 0.2) is 51.9 Å². The van der Waals surface area contributed by atoms with Gasteiger partial charge in [-0.1, -0.05) is 0 Å². The van der Waals surface area contributed by atoms with Crippen molar-refractivity contribution in [3.05, 3.63) is 75.6 Å². The summed E-state index contributed by atoms with van der Waals surface area (Å²) in [4.78, 5) is 40.7. The van der Waals surface area contributed by atoms with Crippen molar-refractivity contribution < 1.29 is 23.5 Å². The second kappa shape index (κ2) is 7.22. The monoisotopic (exact) mass is 406 g/mol. The van der Waals surface area contributed by atoms with Crippen molar-refractivity contribution >= 4 is 17.4 Å². The van der Waals surface area contributed by atoms with Crippen LogP contribution in [0.25, 0.3) is 0 Å². The fourth-order valence-corrected chi connectivity index (χ4v) is 3.84. The van der Waals surface area contributed by atoms with Crippen LogP contribution >= 0.6 is 0 Å². The maximum Gasteiger partial charge on any atom is 0.261 e. The number of rotatable bonds is 3. The molecule has 0 spiro atoms. The number of Topliss-reactive ketones (excluding diaryl/α,β-unsaturated/α-hetero) is 1. The summed E-state index contributed by atoms with van der Waals surface area (Å²) in [5.41, 5.74) is 0.689. The summed E-state index contributed by atoms with van der Waals surface area (Å²) < 4.78 is 16.4. The summed E-state index contributed by atoms with van der Waals surface area (Å²) in [6.45, 7) is 0.897. The molecular weight excluding hydrogens is 388 g/mol. The first kappa shape index (κ1) is 18.2. The van der Waals surface area contributed by atoms with Crippen molar-refractivity contribution in [2.75, 3.05) is 18.5 Å². The van der Waals surface area contributed by atoms with Gasteiger partial charge in [0.05, 0.1) is 6.26 Å². The van der Waals surface area contributed by atoms with Gasteiger partial charge in [0.1, 0.15) is 24.5 Å². The molecule has 0 saturated carbocycles. The van der Waals surface area contributed by atoms with E-state index in [1.807, 2.05) is 6.07 Å². The van der Waals surface area contributed by atoms with Gasteiger partial charge >= 0.3 is 0 Å². The molecule has 2 N–H and O–H groups in total. The van der Waals surface area contributed by atoms with Gasteiger partial charge in [-0.05, 0) is 36.8 Å². The quantitative estimate of drug-likeness (QED) is 0.692. The fraction of sp³-hybridized carbons (Fsp3) is 0.227. The first-order valence-electron chi connectivity index (χ1n) is 9.62. The maximum atomic E-state index is 12.7. The molecule has 1 atom stereocenters. The number of aromatic amines is 1. The predicted molar refractivity (Wildman–Crippen MR) is 107 cm³/mol. The Kier molecular flexibility index (Phi) is 4.39. The molecule has 2 aromatic heterocycles. The molecule has 0 unspecified atom stereocenters. The number of anilines is 1. The Morgan fingerprint density at radius 2 is 1.87 bits per heavy atom. The van der Waals surface area contributed by atoms with Crippen molar-refractivity contribution in [2.24, 2.45) is 0 Å². The number of carbonyl (C=O) groups excluding carboxylic acids is 2. The molecule has 1 amide bonds. The number of benzene rings is 1. The maximum absolute atomic E-state index is 12.7. The van der Waals surface area contributed by atoms with Gasteiger partial charge in [-0.15, -0.1) is 0 Å². The van der Waals surface area contributed by atoms with E-state index < -0.39 is 11.5 Å². The van der Waals surface area contributed by atoms with Gasteiger partial charge in [0.15, 0.2) is 17.3 Å². The first-order chi connectivity index (χ1) is 14.6. The zero-order valence-electron chi connectivity index (χ0n) is 15.9. The molecule has 0 saturated heterocycles. The molecule has 152 valence electrons. The van der Waals surface area contributed by atoms with Crippen LogP contribution in [-0.2, 0) is 6.42 Å². The predicted octanol–water partition coefficient (Wildman–Crippen LogP) is 2.90. The largest absolute Gasteiger partial charge is 0.486 e. The van der Waals surface area contributed by atoms with Gasteiger partial charge < -0.3 is 24.2 Å². The van der Waals surface area contributed by atoms with E-state index in [0.717, 1.165) is 0 Å². The number of H-pyrrole nitrogens is 1. The van der Waals surface area contributed by atoms with E-state index in [9.17, 15) is 14.4 Å². The van der Waals surface area contributed by atoms with E-state index in [2.05, 4.69) is 10.3 Å². The van der Waals surface area contributed by atoms with Crippen molar-refractivity contribution in [1.82, 2.24) is 4.98 Å². The lowest BCUT2D eigenvalue weighted by Crippen LogP contribution is -2.29. The molecule has 1 aliphatic carbocycles. The fourth-order valence-electron chi connectivity index (χ4n) is 3.84. The number of furan rings is 1. The van der Waals surface area contributed by atoms with E-state index in [1.165, 1.54) is 6.07 Å². The van der Waals surface area contributed by atoms with Crippen molar-refractivity contribution in [2.45, 2.75) is 18.8 Å². The number of amides is 1. The van der Waals surface area contributed by atoms with Gasteiger partial charge in [-0.25, -0.2) is 0 Å². The highest BCUT2D eigenvalue weighted by atomic mass is 16.6. The lowest BCUT2D eigenvalue weighted by molar-refractivity contribution is 0.0959. The Bertz CT molecular complexity index is 1190. The number of hydrogen-bond donors (Lipinski definition) is 2. The Balaban J connectivity index is 1.40. The van der Waals surface area contributed by atoms with Crippen molar-refractivity contribution in [3.8, 4) is 11.5 Å². The molecule has 30 heavy (non-hydrogen) atoms. The highest BCUT2D eigenvalue weighted by Gasteiger charge is 2.30. The van der Waals surface area contributed by atoms with Gasteiger partial charge in [0.2, 0.25) is 0 Å². The second-order valence-corrected chi connectivity index (χ2v) is 7.26. The van der Waals surface area contributed by atoms with E-state index >= 15 is 0 Å². The Hall–Kier alpha value is -3.81. The summed E-state index contributed by atoms with van der Waals surface area (Å²) in [7, 11) is 0. The summed E-state index contributed by atoms with van der Waals surface area (Å²) in [6.07, 6.45) is 2.28. The normalized spacial score (nSPS) is 17.3. The zero-order chi connectivity index (χ0) is 20.7. The number of aromatic nitrogens is 1. The average molecular weight is 406 g/mol. The van der Waals surface area contributed by atoms with Gasteiger partial charge in [-0.3, -0.25) is 14.4 Å². The molecule has 3 heterocycles. The zero-order valence-corrected chi connectivity index (χ0v) is 15.9. The van der Waals surface area contributed by atoms with E-state index in [-0.39, 0.29) is 23.7 Å². The molecule has 1 aliphatic heterocycles. The van der Waals surface area contributed by atoms with Crippen molar-refractivity contribution in [3.63, 3.8) is 0 Å². The minimum atomic E-state index is -0.600. The Morgan fingerprint density at radius 3 is 2.67 bits per heavy atom. The molecule has 8 nitrogen and oxygen atoms in total. The number of pyridine rings is 1. The third-order valence-electron chi connectivity index (χ3n) is 5.30. The summed E-state index contributed by atoms with van der Waals surface area (Å²) >= 11 is 0. The number of hydrogen-bond acceptors (Lipinski definition) is 6. The number of nitrogens with one attached hydrogen (secondary N) is 2. The first-order valence-corrected chi connectivity index (χ1v) is 9.62. The smallest absolute Gasteiger partial charge is 0.261 e. The molecule has 5 rings (SSSR count). The molecule has 1 aromatic carbocycles. The molecule has 0 bridgehead atoms. The van der Waals surface area contributed by atoms with Gasteiger partial charge in [0, 0.05) is 35.3 Å². The molecule has 0 radical (unpaired) electrons. The van der Waals surface area contributed by atoms with Gasteiger partial charge in [0.25, 0.3) is 11.5 Å². The van der Waals surface area contributed by atoms with Gasteiger partial charge in [-0.2, -0.15) is 0 Å². The third-order valence-corrected chi connectivity index (χ3v) is 5.30. The molecule has 2 aliphatic rings. The highest BCUT2D eigenvalue weighted by Crippen LogP contribution is 2.33. The van der Waals surface area contributed by atoms with Crippen molar-refractivity contribution in [1.29, 1.82) is 0 Å². The van der Waals surface area contributed by atoms with Crippen LogP contribution in [0.2, 0.25) is 0 Å². The van der Waals surface area contributed by atoms with E-state index in [4.69, 9.17) is 13.9 Å². The van der Waals surface area contributed by atoms with Crippen LogP contribution in [0.1, 0.15) is 44.5 Å². The third kappa shape index (κ3) is 3.26. The van der Waals surface area contributed by atoms with Crippen LogP contribution in [0.3, 0.4) is 0 Å². The lowest BCUT2D eigenvalue weighted by atomic mass is 9.84. The minimum absolute atomic E-state index is 0.117. The molecular formula is C22H18N2O6. The Labute approximate surface area is 170 Å². The molecule has 3 aromatic rings.